The minimum atomic E-state index is -2.77. The summed E-state index contributed by atoms with van der Waals surface area (Å²) in [5, 5.41) is 10.6. The minimum absolute atomic E-state index is 0.0655. The molecule has 2 heterocycles. The van der Waals surface area contributed by atoms with Gasteiger partial charge in [0.1, 0.15) is 0 Å². The van der Waals surface area contributed by atoms with Gasteiger partial charge in [-0.15, -0.1) is 0 Å². The Bertz CT molecular complexity index is 900. The molecule has 0 aliphatic carbocycles. The van der Waals surface area contributed by atoms with Gasteiger partial charge in [0.15, 0.2) is 5.69 Å². The Balaban J connectivity index is 1.72. The Morgan fingerprint density at radius 2 is 2.00 bits per heavy atom. The van der Waals surface area contributed by atoms with Crippen LogP contribution in [0.4, 0.5) is 14.5 Å². The molecular formula is C17H17F2N5O. The average Bonchev–Trinajstić information content (AvgIpc) is 3.15. The van der Waals surface area contributed by atoms with Crippen molar-refractivity contribution in [3.05, 3.63) is 65.2 Å². The number of carbonyl (C=O) groups is 1. The van der Waals surface area contributed by atoms with Gasteiger partial charge >= 0.3 is 6.55 Å². The number of hydrogen-bond donors (Lipinski definition) is 1. The van der Waals surface area contributed by atoms with E-state index in [-0.39, 0.29) is 5.69 Å². The predicted molar refractivity (Wildman–Crippen MR) is 88.7 cm³/mol. The van der Waals surface area contributed by atoms with Crippen LogP contribution in [0, 0.1) is 13.8 Å². The van der Waals surface area contributed by atoms with Crippen molar-refractivity contribution >= 4 is 11.6 Å². The van der Waals surface area contributed by atoms with Crippen molar-refractivity contribution in [2.75, 3.05) is 5.32 Å². The Morgan fingerprint density at radius 1 is 1.20 bits per heavy atom. The number of aromatic nitrogens is 4. The van der Waals surface area contributed by atoms with E-state index in [1.165, 1.54) is 6.07 Å². The molecule has 0 fully saturated rings. The molecule has 130 valence electrons. The smallest absolute Gasteiger partial charge is 0.321 e. The summed E-state index contributed by atoms with van der Waals surface area (Å²) in [4.78, 5) is 12.1. The molecule has 0 saturated carbocycles. The molecular weight excluding hydrogens is 328 g/mol. The lowest BCUT2D eigenvalue weighted by molar-refractivity contribution is 0.0561. The van der Waals surface area contributed by atoms with Crippen LogP contribution in [0.3, 0.4) is 0 Å². The topological polar surface area (TPSA) is 64.7 Å². The second kappa shape index (κ2) is 6.84. The molecule has 6 nitrogen and oxygen atoms in total. The first-order chi connectivity index (χ1) is 11.9. The van der Waals surface area contributed by atoms with Crippen molar-refractivity contribution < 1.29 is 13.6 Å². The third kappa shape index (κ3) is 3.90. The quantitative estimate of drug-likeness (QED) is 0.771. The fraction of sp³-hybridized carbons (Fsp3) is 0.235. The van der Waals surface area contributed by atoms with Crippen LogP contribution in [0.1, 0.15) is 34.0 Å². The summed E-state index contributed by atoms with van der Waals surface area (Å²) in [5.74, 6) is -0.539. The highest BCUT2D eigenvalue weighted by molar-refractivity contribution is 6.02. The minimum Gasteiger partial charge on any atom is -0.321 e. The summed E-state index contributed by atoms with van der Waals surface area (Å²) < 4.78 is 27.4. The van der Waals surface area contributed by atoms with Crippen molar-refractivity contribution in [2.45, 2.75) is 26.9 Å². The molecule has 8 heteroatoms. The standard InChI is InChI=1S/C17H17F2N5O/c1-11-8-12(2)24(21-11)10-13-4-3-5-14(9-13)20-16(25)15-6-7-23(22-15)17(18)19/h3-9,17H,10H2,1-2H3,(H,20,25). The van der Waals surface area contributed by atoms with E-state index in [2.05, 4.69) is 15.5 Å². The van der Waals surface area contributed by atoms with Gasteiger partial charge in [0.2, 0.25) is 0 Å². The molecule has 0 atom stereocenters. The van der Waals surface area contributed by atoms with Crippen LogP contribution in [-0.4, -0.2) is 25.5 Å². The highest BCUT2D eigenvalue weighted by atomic mass is 19.3. The van der Waals surface area contributed by atoms with Gasteiger partial charge in [0.05, 0.1) is 12.2 Å². The number of amides is 1. The molecule has 0 radical (unpaired) electrons. The van der Waals surface area contributed by atoms with E-state index in [9.17, 15) is 13.6 Å². The fourth-order valence-corrected chi connectivity index (χ4v) is 2.52. The normalized spacial score (nSPS) is 11.1. The SMILES string of the molecule is Cc1cc(C)n(Cc2cccc(NC(=O)c3ccn(C(F)F)n3)c2)n1. The number of anilines is 1. The zero-order valence-electron chi connectivity index (χ0n) is 13.8. The first-order valence-electron chi connectivity index (χ1n) is 7.67. The number of carbonyl (C=O) groups excluding carboxylic acids is 1. The van der Waals surface area contributed by atoms with Gasteiger partial charge in [0.25, 0.3) is 5.91 Å². The van der Waals surface area contributed by atoms with Gasteiger partial charge in [-0.1, -0.05) is 12.1 Å². The molecule has 0 spiro atoms. The largest absolute Gasteiger partial charge is 0.333 e. The summed E-state index contributed by atoms with van der Waals surface area (Å²) >= 11 is 0. The first-order valence-corrected chi connectivity index (χ1v) is 7.67. The number of nitrogens with one attached hydrogen (secondary N) is 1. The third-order valence-corrected chi connectivity index (χ3v) is 3.66. The molecule has 0 saturated heterocycles. The van der Waals surface area contributed by atoms with E-state index in [0.29, 0.717) is 16.9 Å². The molecule has 0 aliphatic heterocycles. The van der Waals surface area contributed by atoms with E-state index >= 15 is 0 Å². The predicted octanol–water partition coefficient (Wildman–Crippen LogP) is 3.39. The van der Waals surface area contributed by atoms with Gasteiger partial charge in [-0.25, -0.2) is 4.68 Å². The number of alkyl halides is 2. The Hall–Kier alpha value is -3.03. The zero-order chi connectivity index (χ0) is 18.0. The Kier molecular flexibility index (Phi) is 4.60. The van der Waals surface area contributed by atoms with Crippen LogP contribution in [0.5, 0.6) is 0 Å². The number of hydrogen-bond acceptors (Lipinski definition) is 3. The Labute approximate surface area is 143 Å². The van der Waals surface area contributed by atoms with Gasteiger partial charge < -0.3 is 5.32 Å². The highest BCUT2D eigenvalue weighted by Gasteiger charge is 2.13. The summed E-state index contributed by atoms with van der Waals surface area (Å²) in [7, 11) is 0. The van der Waals surface area contributed by atoms with E-state index in [0.717, 1.165) is 23.1 Å². The van der Waals surface area contributed by atoms with Gasteiger partial charge in [0, 0.05) is 17.6 Å². The summed E-state index contributed by atoms with van der Waals surface area (Å²) in [6, 6.07) is 10.5. The lowest BCUT2D eigenvalue weighted by Gasteiger charge is -2.08. The van der Waals surface area contributed by atoms with Gasteiger partial charge in [-0.05, 0) is 43.7 Å². The van der Waals surface area contributed by atoms with Crippen molar-refractivity contribution in [3.8, 4) is 0 Å². The van der Waals surface area contributed by atoms with Crippen molar-refractivity contribution in [2.24, 2.45) is 0 Å². The number of rotatable bonds is 5. The molecule has 2 aromatic heterocycles. The number of nitrogens with zero attached hydrogens (tertiary/aromatic N) is 4. The van der Waals surface area contributed by atoms with E-state index in [1.807, 2.05) is 42.8 Å². The van der Waals surface area contributed by atoms with Gasteiger partial charge in [-0.2, -0.15) is 19.0 Å². The summed E-state index contributed by atoms with van der Waals surface area (Å²) in [5.41, 5.74) is 3.45. The Morgan fingerprint density at radius 3 is 2.64 bits per heavy atom. The second-order valence-electron chi connectivity index (χ2n) is 5.70. The summed E-state index contributed by atoms with van der Waals surface area (Å²) in [6.45, 7) is 1.71. The maximum atomic E-state index is 12.5. The number of aryl methyl sites for hydroxylation is 2. The maximum absolute atomic E-state index is 12.5. The molecule has 3 aromatic rings. The second-order valence-corrected chi connectivity index (χ2v) is 5.70. The highest BCUT2D eigenvalue weighted by Crippen LogP contribution is 2.15. The van der Waals surface area contributed by atoms with Crippen LogP contribution in [0.25, 0.3) is 0 Å². The number of halogens is 2. The van der Waals surface area contributed by atoms with E-state index in [1.54, 1.807) is 6.07 Å². The van der Waals surface area contributed by atoms with E-state index < -0.39 is 12.5 Å². The molecule has 3 rings (SSSR count). The average molecular weight is 345 g/mol. The first kappa shape index (κ1) is 16.8. The van der Waals surface area contributed by atoms with Crippen molar-refractivity contribution in [1.82, 2.24) is 19.6 Å². The van der Waals surface area contributed by atoms with Crippen LogP contribution >= 0.6 is 0 Å². The molecule has 1 amide bonds. The van der Waals surface area contributed by atoms with Crippen LogP contribution in [0.2, 0.25) is 0 Å². The molecule has 1 N–H and O–H groups in total. The third-order valence-electron chi connectivity index (χ3n) is 3.66. The lowest BCUT2D eigenvalue weighted by atomic mass is 10.2. The molecule has 0 unspecified atom stereocenters. The van der Waals surface area contributed by atoms with E-state index in [4.69, 9.17) is 0 Å². The maximum Gasteiger partial charge on any atom is 0.333 e. The van der Waals surface area contributed by atoms with Crippen LogP contribution in [-0.2, 0) is 6.54 Å². The summed E-state index contributed by atoms with van der Waals surface area (Å²) in [6.07, 6.45) is 1.07. The van der Waals surface area contributed by atoms with Crippen molar-refractivity contribution in [3.63, 3.8) is 0 Å². The lowest BCUT2D eigenvalue weighted by Crippen LogP contribution is -2.14. The molecule has 0 bridgehead atoms. The fourth-order valence-electron chi connectivity index (χ4n) is 2.52. The number of benzene rings is 1. The zero-order valence-corrected chi connectivity index (χ0v) is 13.8. The van der Waals surface area contributed by atoms with Crippen LogP contribution in [0.15, 0.2) is 42.6 Å². The molecule has 1 aromatic carbocycles. The van der Waals surface area contributed by atoms with Crippen LogP contribution < -0.4 is 5.32 Å². The van der Waals surface area contributed by atoms with Crippen molar-refractivity contribution in [1.29, 1.82) is 0 Å². The molecule has 0 aliphatic rings. The van der Waals surface area contributed by atoms with Gasteiger partial charge in [-0.3, -0.25) is 9.48 Å². The molecule has 25 heavy (non-hydrogen) atoms. The monoisotopic (exact) mass is 345 g/mol.